The predicted octanol–water partition coefficient (Wildman–Crippen LogP) is 5.39. The molecular weight excluding hydrogens is 400 g/mol. The van der Waals surface area contributed by atoms with Crippen molar-refractivity contribution in [2.75, 3.05) is 13.2 Å². The van der Waals surface area contributed by atoms with E-state index in [-0.39, 0.29) is 11.0 Å². The van der Waals surface area contributed by atoms with Crippen LogP contribution in [0.2, 0.25) is 0 Å². The van der Waals surface area contributed by atoms with E-state index in [1.165, 1.54) is 41.4 Å². The monoisotopic (exact) mass is 428 g/mol. The average Bonchev–Trinajstić information content (AvgIpc) is 3.14. The van der Waals surface area contributed by atoms with Gasteiger partial charge in [0.15, 0.2) is 0 Å². The van der Waals surface area contributed by atoms with Gasteiger partial charge >= 0.3 is 0 Å². The first kappa shape index (κ1) is 19.1. The Hall–Kier alpha value is -1.23. The molecule has 0 amide bonds. The molecule has 0 unspecified atom stereocenters. The van der Waals surface area contributed by atoms with E-state index in [0.29, 0.717) is 0 Å². The van der Waals surface area contributed by atoms with Gasteiger partial charge in [0.1, 0.15) is 0 Å². The summed E-state index contributed by atoms with van der Waals surface area (Å²) in [5, 5.41) is 3.66. The predicted molar refractivity (Wildman–Crippen MR) is 113 cm³/mol. The molecule has 1 saturated heterocycles. The fraction of sp³-hybridized carbons (Fsp3) is 0.522. The molecule has 4 rings (SSSR count). The highest BCUT2D eigenvalue weighted by Gasteiger charge is 2.48. The van der Waals surface area contributed by atoms with Gasteiger partial charge in [0.2, 0.25) is 0 Å². The number of ether oxygens (including phenoxy) is 1. The van der Waals surface area contributed by atoms with Crippen LogP contribution in [0.25, 0.3) is 0 Å². The molecule has 4 heteroatoms. The maximum Gasteiger partial charge on any atom is 0.0691 e. The van der Waals surface area contributed by atoms with Crippen LogP contribution in [0.5, 0.6) is 0 Å². The number of hydrogen-bond donors (Lipinski definition) is 1. The Balaban J connectivity index is 1.46. The van der Waals surface area contributed by atoms with E-state index in [9.17, 15) is 0 Å². The van der Waals surface area contributed by atoms with Crippen LogP contribution in [0.15, 0.2) is 53.1 Å². The van der Waals surface area contributed by atoms with Gasteiger partial charge in [-0.05, 0) is 62.4 Å². The van der Waals surface area contributed by atoms with Crippen LogP contribution >= 0.6 is 15.9 Å². The van der Waals surface area contributed by atoms with E-state index in [2.05, 4.69) is 57.6 Å². The number of hydrogen-bond acceptors (Lipinski definition) is 3. The summed E-state index contributed by atoms with van der Waals surface area (Å²) in [6.07, 6.45) is 10.3. The lowest BCUT2D eigenvalue weighted by atomic mass is 9.68. The Morgan fingerprint density at radius 3 is 2.63 bits per heavy atom. The van der Waals surface area contributed by atoms with Crippen molar-refractivity contribution in [3.8, 4) is 0 Å². The quantitative estimate of drug-likeness (QED) is 0.626. The van der Waals surface area contributed by atoms with Crippen molar-refractivity contribution in [2.45, 2.75) is 62.5 Å². The van der Waals surface area contributed by atoms with Gasteiger partial charge in [0, 0.05) is 34.9 Å². The third-order valence-electron chi connectivity index (χ3n) is 6.43. The highest BCUT2D eigenvalue weighted by Crippen LogP contribution is 2.49. The van der Waals surface area contributed by atoms with Crippen molar-refractivity contribution in [3.63, 3.8) is 0 Å². The number of benzene rings is 1. The number of aromatic nitrogens is 1. The summed E-state index contributed by atoms with van der Waals surface area (Å²) in [6.45, 7) is 2.75. The minimum absolute atomic E-state index is 0.0955. The minimum Gasteiger partial charge on any atom is -0.375 e. The van der Waals surface area contributed by atoms with Crippen LogP contribution < -0.4 is 5.32 Å². The van der Waals surface area contributed by atoms with E-state index in [1.54, 1.807) is 0 Å². The fourth-order valence-electron chi connectivity index (χ4n) is 4.99. The molecule has 1 atom stereocenters. The van der Waals surface area contributed by atoms with Gasteiger partial charge in [-0.2, -0.15) is 0 Å². The number of rotatable bonds is 6. The summed E-state index contributed by atoms with van der Waals surface area (Å²) in [5.41, 5.74) is 2.79. The maximum absolute atomic E-state index is 6.34. The number of nitrogens with zero attached hydrogens (tertiary/aromatic N) is 1. The molecule has 1 saturated carbocycles. The smallest absolute Gasteiger partial charge is 0.0691 e. The molecule has 27 heavy (non-hydrogen) atoms. The lowest BCUT2D eigenvalue weighted by Crippen LogP contribution is -2.47. The van der Waals surface area contributed by atoms with Gasteiger partial charge in [0.25, 0.3) is 0 Å². The van der Waals surface area contributed by atoms with Crippen LogP contribution in [0.1, 0.15) is 56.2 Å². The minimum atomic E-state index is 0.0955. The van der Waals surface area contributed by atoms with Crippen molar-refractivity contribution < 1.29 is 4.74 Å². The molecule has 1 N–H and O–H groups in total. The number of halogens is 1. The van der Waals surface area contributed by atoms with Crippen LogP contribution in [0, 0.1) is 0 Å². The zero-order valence-corrected chi connectivity index (χ0v) is 17.5. The van der Waals surface area contributed by atoms with Crippen LogP contribution in [0.3, 0.4) is 0 Å². The number of pyridine rings is 1. The Bertz CT molecular complexity index is 745. The molecule has 2 aromatic rings. The van der Waals surface area contributed by atoms with Gasteiger partial charge < -0.3 is 10.1 Å². The molecule has 2 heterocycles. The van der Waals surface area contributed by atoms with Crippen molar-refractivity contribution >= 4 is 15.9 Å². The Morgan fingerprint density at radius 1 is 1.04 bits per heavy atom. The van der Waals surface area contributed by atoms with Crippen molar-refractivity contribution in [2.24, 2.45) is 0 Å². The van der Waals surface area contributed by atoms with Gasteiger partial charge in [-0.25, -0.2) is 0 Å². The van der Waals surface area contributed by atoms with Crippen molar-refractivity contribution in [3.05, 3.63) is 64.4 Å². The van der Waals surface area contributed by atoms with Gasteiger partial charge in [-0.3, -0.25) is 4.98 Å². The Labute approximate surface area is 171 Å². The first-order chi connectivity index (χ1) is 13.2. The van der Waals surface area contributed by atoms with Crippen molar-refractivity contribution in [1.82, 2.24) is 10.3 Å². The second kappa shape index (κ2) is 8.42. The summed E-state index contributed by atoms with van der Waals surface area (Å²) >= 11 is 3.65. The van der Waals surface area contributed by atoms with Gasteiger partial charge in [-0.1, -0.05) is 53.0 Å². The third-order valence-corrected chi connectivity index (χ3v) is 7.20. The molecule has 3 nitrogen and oxygen atoms in total. The van der Waals surface area contributed by atoms with Crippen LogP contribution in [-0.4, -0.2) is 23.7 Å². The number of nitrogens with one attached hydrogen (secondary N) is 1. The molecular formula is C23H29BrN2O. The molecule has 0 bridgehead atoms. The topological polar surface area (TPSA) is 34.2 Å². The lowest BCUT2D eigenvalue weighted by molar-refractivity contribution is -0.104. The van der Waals surface area contributed by atoms with E-state index >= 15 is 0 Å². The molecule has 2 aliphatic rings. The highest BCUT2D eigenvalue weighted by atomic mass is 79.9. The molecule has 144 valence electrons. The van der Waals surface area contributed by atoms with Gasteiger partial charge in [0.05, 0.1) is 5.60 Å². The first-order valence-corrected chi connectivity index (χ1v) is 11.0. The SMILES string of the molecule is Brc1ccccc1CNCC[C@@]1(c2ccccn2)CCOC2(CCCC2)C1. The second-order valence-corrected chi connectivity index (χ2v) is 9.03. The molecule has 1 aromatic carbocycles. The lowest BCUT2D eigenvalue weighted by Gasteiger charge is -2.46. The highest BCUT2D eigenvalue weighted by molar-refractivity contribution is 9.10. The molecule has 1 aliphatic carbocycles. The van der Waals surface area contributed by atoms with E-state index < -0.39 is 0 Å². The first-order valence-electron chi connectivity index (χ1n) is 10.2. The zero-order chi connectivity index (χ0) is 18.6. The largest absolute Gasteiger partial charge is 0.375 e. The molecule has 0 radical (unpaired) electrons. The summed E-state index contributed by atoms with van der Waals surface area (Å²) in [5.74, 6) is 0. The summed E-state index contributed by atoms with van der Waals surface area (Å²) in [7, 11) is 0. The van der Waals surface area contributed by atoms with E-state index in [0.717, 1.165) is 39.0 Å². The van der Waals surface area contributed by atoms with E-state index in [1.807, 2.05) is 12.3 Å². The summed E-state index contributed by atoms with van der Waals surface area (Å²) < 4.78 is 7.51. The van der Waals surface area contributed by atoms with Crippen LogP contribution in [-0.2, 0) is 16.7 Å². The normalized spacial score (nSPS) is 24.3. The summed E-state index contributed by atoms with van der Waals surface area (Å²) in [4.78, 5) is 4.79. The second-order valence-electron chi connectivity index (χ2n) is 8.18. The molecule has 2 fully saturated rings. The Kier molecular flexibility index (Phi) is 5.96. The molecule has 1 aromatic heterocycles. The molecule has 1 aliphatic heterocycles. The molecule has 1 spiro atoms. The zero-order valence-electron chi connectivity index (χ0n) is 15.9. The fourth-order valence-corrected chi connectivity index (χ4v) is 5.41. The van der Waals surface area contributed by atoms with Crippen molar-refractivity contribution in [1.29, 1.82) is 0 Å². The average molecular weight is 429 g/mol. The Morgan fingerprint density at radius 2 is 1.85 bits per heavy atom. The third kappa shape index (κ3) is 4.28. The standard InChI is InChI=1S/C23H29BrN2O/c24-20-8-2-1-7-19(20)17-25-15-12-22(21-9-3-6-14-26-21)13-16-27-23(18-22)10-4-5-11-23/h1-3,6-9,14,25H,4-5,10-13,15-18H2/t22-/m1/s1. The summed E-state index contributed by atoms with van der Waals surface area (Å²) in [6, 6.07) is 14.8. The van der Waals surface area contributed by atoms with E-state index in [4.69, 9.17) is 9.72 Å². The maximum atomic E-state index is 6.34. The van der Waals surface area contributed by atoms with Gasteiger partial charge in [-0.15, -0.1) is 0 Å². The van der Waals surface area contributed by atoms with Crippen LogP contribution in [0.4, 0.5) is 0 Å².